The van der Waals surface area contributed by atoms with Gasteiger partial charge in [0.1, 0.15) is 10.6 Å². The van der Waals surface area contributed by atoms with Crippen molar-refractivity contribution in [1.82, 2.24) is 0 Å². The smallest absolute Gasteiger partial charge is 0.290 e. The van der Waals surface area contributed by atoms with Gasteiger partial charge in [-0.1, -0.05) is 22.9 Å². The molecule has 1 aromatic rings. The highest BCUT2D eigenvalue weighted by molar-refractivity contribution is 7.86. The van der Waals surface area contributed by atoms with Crippen LogP contribution in [0.1, 0.15) is 30.5 Å². The van der Waals surface area contributed by atoms with E-state index < -0.39 is 10.1 Å². The van der Waals surface area contributed by atoms with E-state index in [9.17, 15) is 13.2 Å². The van der Waals surface area contributed by atoms with Gasteiger partial charge in [-0.2, -0.15) is 8.42 Å². The number of carbonyl (C=O) groups excluding carboxylic acids is 1. The number of oxime groups is 1. The van der Waals surface area contributed by atoms with Gasteiger partial charge >= 0.3 is 10.1 Å². The molecule has 0 spiro atoms. The zero-order chi connectivity index (χ0) is 17.4. The summed E-state index contributed by atoms with van der Waals surface area (Å²) in [6.45, 7) is 8.71. The number of hydrogen-bond acceptors (Lipinski definition) is 5. The maximum atomic E-state index is 12.4. The van der Waals surface area contributed by atoms with Gasteiger partial charge in [0.05, 0.1) is 0 Å². The van der Waals surface area contributed by atoms with E-state index in [1.165, 1.54) is 12.2 Å². The van der Waals surface area contributed by atoms with Crippen LogP contribution in [0.25, 0.3) is 0 Å². The molecule has 0 radical (unpaired) electrons. The second-order valence-electron chi connectivity index (χ2n) is 5.68. The average molecular weight is 333 g/mol. The molecule has 6 heteroatoms. The van der Waals surface area contributed by atoms with Gasteiger partial charge in [0.2, 0.25) is 0 Å². The molecule has 0 heterocycles. The largest absolute Gasteiger partial charge is 0.359 e. The van der Waals surface area contributed by atoms with Gasteiger partial charge in [0.15, 0.2) is 5.78 Å². The first-order valence-corrected chi connectivity index (χ1v) is 8.54. The molecule has 0 amide bonds. The fraction of sp³-hybridized carbons (Fsp3) is 0.294. The summed E-state index contributed by atoms with van der Waals surface area (Å²) in [7, 11) is -4.02. The molecule has 0 atom stereocenters. The van der Waals surface area contributed by atoms with Gasteiger partial charge in [-0.05, 0) is 63.5 Å². The van der Waals surface area contributed by atoms with Crippen molar-refractivity contribution in [3.05, 3.63) is 52.1 Å². The highest BCUT2D eigenvalue weighted by Gasteiger charge is 2.23. The van der Waals surface area contributed by atoms with Crippen molar-refractivity contribution >= 4 is 21.6 Å². The lowest BCUT2D eigenvalue weighted by molar-refractivity contribution is -0.111. The maximum Gasteiger partial charge on any atom is 0.359 e. The normalized spacial score (nSPS) is 17.1. The summed E-state index contributed by atoms with van der Waals surface area (Å²) in [5, 5.41) is 3.73. The van der Waals surface area contributed by atoms with Crippen LogP contribution >= 0.6 is 0 Å². The number of carbonyl (C=O) groups is 1. The fourth-order valence-electron chi connectivity index (χ4n) is 2.57. The zero-order valence-corrected chi connectivity index (χ0v) is 14.6. The van der Waals surface area contributed by atoms with E-state index in [0.29, 0.717) is 28.0 Å². The van der Waals surface area contributed by atoms with Crippen LogP contribution in [0.2, 0.25) is 0 Å². The van der Waals surface area contributed by atoms with Gasteiger partial charge in [0.25, 0.3) is 0 Å². The Morgan fingerprint density at radius 1 is 0.913 bits per heavy atom. The van der Waals surface area contributed by atoms with Gasteiger partial charge in [-0.15, -0.1) is 0 Å². The molecule has 1 aliphatic carbocycles. The van der Waals surface area contributed by atoms with Gasteiger partial charge in [-0.3, -0.25) is 9.08 Å². The number of benzene rings is 1. The Morgan fingerprint density at radius 3 is 2.04 bits per heavy atom. The van der Waals surface area contributed by atoms with E-state index >= 15 is 0 Å². The van der Waals surface area contributed by atoms with Crippen LogP contribution < -0.4 is 0 Å². The monoisotopic (exact) mass is 333 g/mol. The molecule has 2 rings (SSSR count). The number of nitrogens with zero attached hydrogens (tertiary/aromatic N) is 1. The first-order chi connectivity index (χ1) is 10.6. The lowest BCUT2D eigenvalue weighted by Gasteiger charge is -2.12. The predicted molar refractivity (Wildman–Crippen MR) is 88.9 cm³/mol. The minimum atomic E-state index is -4.02. The molecule has 0 aliphatic heterocycles. The van der Waals surface area contributed by atoms with E-state index in [4.69, 9.17) is 4.28 Å². The second-order valence-corrected chi connectivity index (χ2v) is 7.15. The Bertz CT molecular complexity index is 851. The minimum Gasteiger partial charge on any atom is -0.290 e. The molecule has 0 fully saturated rings. The zero-order valence-electron chi connectivity index (χ0n) is 13.8. The maximum absolute atomic E-state index is 12.4. The first kappa shape index (κ1) is 17.1. The molecule has 23 heavy (non-hydrogen) atoms. The number of rotatable bonds is 3. The Kier molecular flexibility index (Phi) is 4.56. The Labute approximate surface area is 136 Å². The van der Waals surface area contributed by atoms with E-state index in [1.807, 2.05) is 6.92 Å². The Balaban J connectivity index is 2.39. The number of allylic oxidation sites excluding steroid dienone is 4. The van der Waals surface area contributed by atoms with Crippen LogP contribution in [0, 0.1) is 20.8 Å². The number of ketones is 1. The summed E-state index contributed by atoms with van der Waals surface area (Å²) in [6.07, 6.45) is 2.80. The molecule has 0 aromatic heterocycles. The highest BCUT2D eigenvalue weighted by atomic mass is 32.2. The first-order valence-electron chi connectivity index (χ1n) is 7.13. The third kappa shape index (κ3) is 3.42. The van der Waals surface area contributed by atoms with Crippen LogP contribution in [0.5, 0.6) is 0 Å². The van der Waals surface area contributed by atoms with Gasteiger partial charge < -0.3 is 0 Å². The van der Waals surface area contributed by atoms with Crippen molar-refractivity contribution in [2.45, 2.75) is 39.5 Å². The third-order valence-corrected chi connectivity index (χ3v) is 5.21. The SMILES string of the molecule is CC1=C(C)C(=NOS(=O)(=O)c2c(C)cc(C)cc2C)C=CC1=O. The summed E-state index contributed by atoms with van der Waals surface area (Å²) in [5.41, 5.74) is 3.66. The van der Waals surface area contributed by atoms with Gasteiger partial charge in [-0.25, -0.2) is 0 Å². The highest BCUT2D eigenvalue weighted by Crippen LogP contribution is 2.24. The number of aryl methyl sites for hydroxylation is 3. The minimum absolute atomic E-state index is 0.116. The lowest BCUT2D eigenvalue weighted by Crippen LogP contribution is -2.13. The predicted octanol–water partition coefficient (Wildman–Crippen LogP) is 3.15. The topological polar surface area (TPSA) is 72.8 Å². The molecular formula is C17H19NO4S. The molecule has 0 saturated heterocycles. The standard InChI is InChI=1S/C17H19NO4S/c1-10-8-11(2)17(12(3)9-10)23(20,21)22-18-15-6-7-16(19)14(5)13(15)4/h6-9H,1-5H3. The summed E-state index contributed by atoms with van der Waals surface area (Å²) in [6, 6.07) is 3.57. The van der Waals surface area contributed by atoms with Crippen molar-refractivity contribution in [2.75, 3.05) is 0 Å². The van der Waals surface area contributed by atoms with Crippen LogP contribution in [-0.4, -0.2) is 19.9 Å². The third-order valence-electron chi connectivity index (χ3n) is 3.80. The van der Waals surface area contributed by atoms with Crippen LogP contribution in [0.4, 0.5) is 0 Å². The van der Waals surface area contributed by atoms with E-state index in [2.05, 4.69) is 5.16 Å². The van der Waals surface area contributed by atoms with Gasteiger partial charge in [0, 0.05) is 5.57 Å². The number of hydrogen-bond donors (Lipinski definition) is 0. The molecule has 122 valence electrons. The van der Waals surface area contributed by atoms with Crippen molar-refractivity contribution in [2.24, 2.45) is 5.16 Å². The molecule has 1 aliphatic rings. The molecule has 0 N–H and O–H groups in total. The van der Waals surface area contributed by atoms with Crippen molar-refractivity contribution in [3.8, 4) is 0 Å². The van der Waals surface area contributed by atoms with E-state index in [1.54, 1.807) is 39.8 Å². The van der Waals surface area contributed by atoms with Crippen molar-refractivity contribution in [1.29, 1.82) is 0 Å². The molecule has 0 saturated carbocycles. The van der Waals surface area contributed by atoms with E-state index in [-0.39, 0.29) is 10.7 Å². The van der Waals surface area contributed by atoms with Crippen LogP contribution in [0.3, 0.4) is 0 Å². The van der Waals surface area contributed by atoms with Crippen molar-refractivity contribution < 1.29 is 17.5 Å². The van der Waals surface area contributed by atoms with Crippen LogP contribution in [0.15, 0.2) is 45.5 Å². The van der Waals surface area contributed by atoms with E-state index in [0.717, 1.165) is 5.56 Å². The molecule has 1 aromatic carbocycles. The molecular weight excluding hydrogens is 314 g/mol. The molecule has 0 unspecified atom stereocenters. The van der Waals surface area contributed by atoms with Crippen LogP contribution in [-0.2, 0) is 19.2 Å². The summed E-state index contributed by atoms with van der Waals surface area (Å²) >= 11 is 0. The fourth-order valence-corrected chi connectivity index (χ4v) is 3.73. The van der Waals surface area contributed by atoms with Crippen molar-refractivity contribution in [3.63, 3.8) is 0 Å². The summed E-state index contributed by atoms with van der Waals surface area (Å²) in [5.74, 6) is -0.116. The Hall–Kier alpha value is -2.21. The Morgan fingerprint density at radius 2 is 1.48 bits per heavy atom. The summed E-state index contributed by atoms with van der Waals surface area (Å²) < 4.78 is 29.8. The quantitative estimate of drug-likeness (QED) is 0.629. The average Bonchev–Trinajstić information content (AvgIpc) is 2.42. The lowest BCUT2D eigenvalue weighted by atomic mass is 9.97. The summed E-state index contributed by atoms with van der Waals surface area (Å²) in [4.78, 5) is 11.7. The molecule has 5 nitrogen and oxygen atoms in total. The molecule has 0 bridgehead atoms. The second kappa shape index (κ2) is 6.12.